The monoisotopic (exact) mass is 1180 g/mol. The third-order valence-electron chi connectivity index (χ3n) is 18.7. The number of fused-ring (bicyclic) bond motifs is 3. The van der Waals surface area contributed by atoms with Crippen LogP contribution in [0.5, 0.6) is 23.1 Å². The molecule has 4 N–H and O–H groups in total. The number of piperazine rings is 1. The number of piperidine rings is 1. The molecule has 1 atom stereocenters. The number of aliphatic hydroxyl groups is 1. The van der Waals surface area contributed by atoms with E-state index in [1.165, 1.54) is 48.3 Å². The van der Waals surface area contributed by atoms with Crippen molar-refractivity contribution < 1.29 is 41.3 Å². The zero-order valence-corrected chi connectivity index (χ0v) is 50.4. The lowest BCUT2D eigenvalue weighted by Crippen LogP contribution is -2.60. The van der Waals surface area contributed by atoms with Gasteiger partial charge in [0, 0.05) is 87.0 Å². The Hall–Kier alpha value is -7.23. The Balaban J connectivity index is 0.784. The van der Waals surface area contributed by atoms with Crippen molar-refractivity contribution in [1.29, 1.82) is 0 Å². The van der Waals surface area contributed by atoms with Gasteiger partial charge in [-0.3, -0.25) is 14.6 Å². The molecule has 0 radical (unpaired) electrons. The zero-order valence-electron chi connectivity index (χ0n) is 49.6. The maximum absolute atomic E-state index is 15.2. The average molecular weight is 1180 g/mol. The molecule has 1 spiro atoms. The van der Waals surface area contributed by atoms with E-state index in [9.17, 15) is 23.5 Å². The SMILES string of the molecule is CCOc1nc2c(cc1Oc1cc(N3CCC4(CC3)CC(N3CCN(Cc5ccc(OC)c6oc(C)cc56)C[C@H]3c3ccccc3C(C)C)C4)ccc1C(=O)NS(=O)(=O)c1cc(N(C)[O-])c(NCC3CCC(C)(O)CC3)c3[nH]cnc13)C(F)=CC2. The van der Waals surface area contributed by atoms with Crippen molar-refractivity contribution in [3.05, 3.63) is 130 Å². The standard InChI is InChI=1S/C65H77FN9O9S/c1-8-82-63-56(31-49-50(66)16-17-51(49)70-63)84-55-30-43(14-15-47(55)62(76)71-85(79,80)57-32-52(72(6)78)58(60-59(57)68-38-69-60)67-35-41-19-21-64(5,77)22-20-41)74-25-23-65(24-26-74)33-44(34-65)75-28-27-73(37-53(75)46-12-10-9-11-45(46)39(2)3)36-42-13-18-54(81-7)61-48(42)29-40(4)83-61/h9-16,18,29-32,38-39,41,44,53,67,77H,8,17,19-28,33-37H2,1-7H3,(H,68,69)(H,71,76)/q-1/t41?,53-,64?/m0/s1. The van der Waals surface area contributed by atoms with Gasteiger partial charge in [-0.15, -0.1) is 0 Å². The highest BCUT2D eigenvalue weighted by Crippen LogP contribution is 2.54. The molecule has 4 fully saturated rings. The van der Waals surface area contributed by atoms with Gasteiger partial charge in [-0.05, 0) is 156 Å². The number of sulfonamides is 1. The molecule has 5 heterocycles. The normalized spacial score (nSPS) is 21.1. The van der Waals surface area contributed by atoms with Gasteiger partial charge in [-0.2, -0.15) is 0 Å². The van der Waals surface area contributed by atoms with Gasteiger partial charge in [-0.25, -0.2) is 27.5 Å². The molecule has 2 aliphatic heterocycles. The number of hydrogen-bond donors (Lipinski definition) is 4. The summed E-state index contributed by atoms with van der Waals surface area (Å²) in [6.45, 7) is 16.0. The lowest BCUT2D eigenvalue weighted by molar-refractivity contribution is -0.0627. The number of ether oxygens (including phenoxy) is 3. The number of carbonyl (C=O) groups excluding carboxylic acids is 1. The number of hydroxylamine groups is 1. The van der Waals surface area contributed by atoms with E-state index in [2.05, 4.69) is 89.9 Å². The van der Waals surface area contributed by atoms with E-state index >= 15 is 4.39 Å². The Kier molecular flexibility index (Phi) is 15.9. The van der Waals surface area contributed by atoms with E-state index in [0.717, 1.165) is 106 Å². The number of amides is 1. The van der Waals surface area contributed by atoms with Crippen molar-refractivity contribution in [2.24, 2.45) is 11.3 Å². The predicted molar refractivity (Wildman–Crippen MR) is 328 cm³/mol. The highest BCUT2D eigenvalue weighted by molar-refractivity contribution is 7.90. The molecule has 3 aliphatic carbocycles. The Labute approximate surface area is 496 Å². The summed E-state index contributed by atoms with van der Waals surface area (Å²) in [6.07, 6.45) is 10.0. The number of nitrogens with zero attached hydrogens (tertiary/aromatic N) is 6. The summed E-state index contributed by atoms with van der Waals surface area (Å²) in [6, 6.07) is 23.7. The number of aromatic amines is 1. The molecule has 85 heavy (non-hydrogen) atoms. The van der Waals surface area contributed by atoms with Gasteiger partial charge in [-0.1, -0.05) is 44.2 Å². The second-order valence-corrected chi connectivity index (χ2v) is 26.4. The van der Waals surface area contributed by atoms with E-state index in [-0.39, 0.29) is 80.5 Å². The number of furan rings is 1. The fraction of sp³-hybridized carbons (Fsp3) is 0.462. The molecule has 1 amide bonds. The number of rotatable bonds is 18. The summed E-state index contributed by atoms with van der Waals surface area (Å²) in [5.41, 5.74) is 6.34. The maximum Gasteiger partial charge on any atom is 0.268 e. The number of benzene rings is 4. The van der Waals surface area contributed by atoms with Crippen LogP contribution in [-0.4, -0.2) is 116 Å². The third kappa shape index (κ3) is 11.5. The van der Waals surface area contributed by atoms with Gasteiger partial charge in [0.1, 0.15) is 27.7 Å². The van der Waals surface area contributed by atoms with Gasteiger partial charge in [0.2, 0.25) is 0 Å². The van der Waals surface area contributed by atoms with Gasteiger partial charge in [0.05, 0.1) is 53.8 Å². The lowest BCUT2D eigenvalue weighted by atomic mass is 9.59. The van der Waals surface area contributed by atoms with Crippen LogP contribution in [0.25, 0.3) is 27.8 Å². The summed E-state index contributed by atoms with van der Waals surface area (Å²) < 4.78 is 70.9. The second kappa shape index (κ2) is 23.2. The zero-order chi connectivity index (χ0) is 59.5. The maximum atomic E-state index is 15.2. The van der Waals surface area contributed by atoms with Crippen LogP contribution in [-0.2, 0) is 23.0 Å². The van der Waals surface area contributed by atoms with Crippen LogP contribution in [0.15, 0.2) is 94.5 Å². The van der Waals surface area contributed by atoms with E-state index < -0.39 is 27.4 Å². The number of allylic oxidation sites excluding steroid dienone is 1. The highest BCUT2D eigenvalue weighted by Gasteiger charge is 2.50. The Morgan fingerprint density at radius 3 is 2.52 bits per heavy atom. The third-order valence-corrected chi connectivity index (χ3v) is 20.0. The molecular weight excluding hydrogens is 1100 g/mol. The molecule has 2 saturated heterocycles. The number of aromatic nitrogens is 3. The number of nitrogens with one attached hydrogen (secondary N) is 3. The number of H-pyrrole nitrogens is 1. The molecule has 450 valence electrons. The minimum Gasteiger partial charge on any atom is -0.758 e. The number of pyridine rings is 1. The quantitative estimate of drug-likeness (QED) is 0.0588. The molecule has 0 bridgehead atoms. The second-order valence-electron chi connectivity index (χ2n) is 24.8. The molecule has 7 aromatic rings. The predicted octanol–water partition coefficient (Wildman–Crippen LogP) is 11.9. The first-order valence-corrected chi connectivity index (χ1v) is 31.4. The highest BCUT2D eigenvalue weighted by atomic mass is 32.2. The van der Waals surface area contributed by atoms with Crippen molar-refractivity contribution in [2.45, 2.75) is 127 Å². The number of methoxy groups -OCH3 is 1. The van der Waals surface area contributed by atoms with E-state index in [0.29, 0.717) is 47.8 Å². The molecule has 5 aliphatic rings. The molecule has 12 rings (SSSR count). The molecule has 18 nitrogen and oxygen atoms in total. The summed E-state index contributed by atoms with van der Waals surface area (Å²) in [5.74, 6) is 0.903. The lowest BCUT2D eigenvalue weighted by Gasteiger charge is -2.58. The first-order chi connectivity index (χ1) is 40.8. The fourth-order valence-corrected chi connectivity index (χ4v) is 15.1. The van der Waals surface area contributed by atoms with Crippen LogP contribution in [0.4, 0.5) is 21.5 Å². The van der Waals surface area contributed by atoms with Crippen LogP contribution in [0.1, 0.15) is 135 Å². The van der Waals surface area contributed by atoms with Gasteiger partial charge < -0.3 is 49.2 Å². The van der Waals surface area contributed by atoms with Crippen LogP contribution >= 0.6 is 0 Å². The number of halogens is 1. The number of anilines is 3. The first kappa shape index (κ1) is 58.2. The molecular formula is C65H77FN9O9S-. The van der Waals surface area contributed by atoms with Crippen LogP contribution < -0.4 is 34.2 Å². The molecule has 20 heteroatoms. The van der Waals surface area contributed by atoms with Gasteiger partial charge >= 0.3 is 0 Å². The number of carbonyl (C=O) groups is 1. The number of imidazole rings is 1. The molecule has 3 aromatic heterocycles. The van der Waals surface area contributed by atoms with Gasteiger partial charge in [0.25, 0.3) is 21.8 Å². The largest absolute Gasteiger partial charge is 0.758 e. The molecule has 4 aromatic carbocycles. The van der Waals surface area contributed by atoms with Crippen molar-refractivity contribution in [3.8, 4) is 23.1 Å². The van der Waals surface area contributed by atoms with Crippen LogP contribution in [0.2, 0.25) is 0 Å². The Bertz CT molecular complexity index is 3800. The van der Waals surface area contributed by atoms with E-state index in [4.69, 9.17) is 18.6 Å². The summed E-state index contributed by atoms with van der Waals surface area (Å²) in [4.78, 5) is 33.9. The van der Waals surface area contributed by atoms with Gasteiger partial charge in [0.15, 0.2) is 17.1 Å². The Morgan fingerprint density at radius 1 is 1.00 bits per heavy atom. The van der Waals surface area contributed by atoms with Crippen molar-refractivity contribution >= 4 is 60.8 Å². The average Bonchev–Trinajstić information content (AvgIpc) is 3.11. The Morgan fingerprint density at radius 2 is 1.78 bits per heavy atom. The minimum absolute atomic E-state index is 0.0103. The summed E-state index contributed by atoms with van der Waals surface area (Å²) >= 11 is 0. The van der Waals surface area contributed by atoms with Crippen LogP contribution in [0.3, 0.4) is 0 Å². The smallest absolute Gasteiger partial charge is 0.268 e. The summed E-state index contributed by atoms with van der Waals surface area (Å²) in [5, 5.41) is 28.8. The number of hydrogen-bond acceptors (Lipinski definition) is 16. The van der Waals surface area contributed by atoms with E-state index in [1.54, 1.807) is 32.2 Å². The van der Waals surface area contributed by atoms with Crippen molar-refractivity contribution in [3.63, 3.8) is 0 Å². The summed E-state index contributed by atoms with van der Waals surface area (Å²) in [7, 11) is -1.77. The van der Waals surface area contributed by atoms with E-state index in [1.807, 2.05) is 19.9 Å². The fourth-order valence-electron chi connectivity index (χ4n) is 14.0. The topological polar surface area (TPSA) is 214 Å². The first-order valence-electron chi connectivity index (χ1n) is 30.0. The molecule has 2 saturated carbocycles. The number of aryl methyl sites for hydroxylation is 1. The molecule has 0 unspecified atom stereocenters. The van der Waals surface area contributed by atoms with Crippen molar-refractivity contribution in [1.82, 2.24) is 29.5 Å². The minimum atomic E-state index is -4.73. The van der Waals surface area contributed by atoms with Crippen molar-refractivity contribution in [2.75, 3.05) is 75.3 Å². The van der Waals surface area contributed by atoms with Crippen LogP contribution in [0, 0.1) is 23.5 Å².